The molecule has 3 fully saturated rings. The number of carbonyl (C=O) groups is 1. The van der Waals surface area contributed by atoms with Gasteiger partial charge in [-0.3, -0.25) is 14.7 Å². The summed E-state index contributed by atoms with van der Waals surface area (Å²) >= 11 is 0. The predicted molar refractivity (Wildman–Crippen MR) is 115 cm³/mol. The minimum atomic E-state index is -0.0563. The van der Waals surface area contributed by atoms with Gasteiger partial charge in [0.2, 0.25) is 5.91 Å². The second-order valence-corrected chi connectivity index (χ2v) is 9.84. The zero-order valence-corrected chi connectivity index (χ0v) is 18.3. The highest BCUT2D eigenvalue weighted by atomic mass is 16.2. The second kappa shape index (κ2) is 7.52. The topological polar surface area (TPSA) is 73.7 Å². The van der Waals surface area contributed by atoms with Gasteiger partial charge in [0.15, 0.2) is 5.65 Å². The van der Waals surface area contributed by atoms with Crippen LogP contribution in [0.1, 0.15) is 76.2 Å². The van der Waals surface area contributed by atoms with Gasteiger partial charge in [-0.05, 0) is 65.0 Å². The summed E-state index contributed by atoms with van der Waals surface area (Å²) in [6.07, 6.45) is 5.05. The lowest BCUT2D eigenvalue weighted by atomic mass is 9.92. The van der Waals surface area contributed by atoms with Gasteiger partial charge in [0.05, 0.1) is 17.4 Å². The average Bonchev–Trinajstić information content (AvgIpc) is 3.12. The van der Waals surface area contributed by atoms with E-state index in [1.165, 1.54) is 0 Å². The van der Waals surface area contributed by atoms with Crippen LogP contribution in [0.25, 0.3) is 5.65 Å². The van der Waals surface area contributed by atoms with E-state index in [0.717, 1.165) is 63.1 Å². The first-order chi connectivity index (χ1) is 14.4. The number of rotatable bonds is 4. The van der Waals surface area contributed by atoms with E-state index in [9.17, 15) is 9.59 Å². The molecule has 3 aliphatic rings. The van der Waals surface area contributed by atoms with Crippen LogP contribution in [0.2, 0.25) is 0 Å². The number of piperidine rings is 1. The summed E-state index contributed by atoms with van der Waals surface area (Å²) in [6, 6.07) is 4.28. The summed E-state index contributed by atoms with van der Waals surface area (Å²) in [5, 5.41) is 3.25. The number of likely N-dealkylation sites (tertiary alicyclic amines) is 2. The normalized spacial score (nSPS) is 28.0. The molecule has 0 aromatic carbocycles. The molecule has 0 unspecified atom stereocenters. The molecule has 1 saturated carbocycles. The van der Waals surface area contributed by atoms with Crippen molar-refractivity contribution < 1.29 is 4.79 Å². The van der Waals surface area contributed by atoms with Gasteiger partial charge in [-0.25, -0.2) is 9.50 Å². The highest BCUT2D eigenvalue weighted by Crippen LogP contribution is 2.43. The van der Waals surface area contributed by atoms with Gasteiger partial charge in [0.25, 0.3) is 5.56 Å². The Kier molecular flexibility index (Phi) is 4.96. The maximum atomic E-state index is 12.8. The quantitative estimate of drug-likeness (QED) is 0.840. The van der Waals surface area contributed by atoms with Gasteiger partial charge in [0, 0.05) is 36.6 Å². The first kappa shape index (κ1) is 19.8. The SMILES string of the molecule is CC(C)N1CCC(c2cc(=O)n3[nH]c([C@@H]4CCCN4C(=O)[C@H]4C[C@H]4C)cc3n2)CC1. The van der Waals surface area contributed by atoms with Crippen molar-refractivity contribution in [2.45, 2.75) is 70.9 Å². The van der Waals surface area contributed by atoms with Gasteiger partial charge in [-0.15, -0.1) is 0 Å². The molecule has 0 radical (unpaired) electrons. The van der Waals surface area contributed by atoms with Crippen LogP contribution in [-0.4, -0.2) is 56.0 Å². The standard InChI is InChI=1S/C23H33N5O2/c1-14(2)26-9-6-16(7-10-26)18-13-22(29)28-21(24-18)12-19(25-28)20-5-4-8-27(20)23(30)17-11-15(17)3/h12-17,20,25H,4-11H2,1-3H3/t15-,17+,20+/m1/s1. The Morgan fingerprint density at radius 1 is 1.17 bits per heavy atom. The number of H-pyrrole nitrogens is 1. The molecule has 2 saturated heterocycles. The number of nitrogens with zero attached hydrogens (tertiary/aromatic N) is 4. The fourth-order valence-electron chi connectivity index (χ4n) is 5.35. The third kappa shape index (κ3) is 3.47. The highest BCUT2D eigenvalue weighted by Gasteiger charge is 2.44. The Morgan fingerprint density at radius 2 is 1.90 bits per heavy atom. The van der Waals surface area contributed by atoms with E-state index in [1.54, 1.807) is 10.6 Å². The number of hydrogen-bond acceptors (Lipinski definition) is 4. The number of fused-ring (bicyclic) bond motifs is 1. The summed E-state index contributed by atoms with van der Waals surface area (Å²) in [5.74, 6) is 1.33. The van der Waals surface area contributed by atoms with Gasteiger partial charge in [-0.1, -0.05) is 6.92 Å². The van der Waals surface area contributed by atoms with E-state index in [0.29, 0.717) is 23.5 Å². The highest BCUT2D eigenvalue weighted by molar-refractivity contribution is 5.82. The summed E-state index contributed by atoms with van der Waals surface area (Å²) < 4.78 is 1.54. The van der Waals surface area contributed by atoms with Crippen LogP contribution in [0.3, 0.4) is 0 Å². The van der Waals surface area contributed by atoms with Gasteiger partial charge in [-0.2, -0.15) is 0 Å². The number of hydrogen-bond donors (Lipinski definition) is 1. The zero-order chi connectivity index (χ0) is 21.0. The zero-order valence-electron chi connectivity index (χ0n) is 18.3. The minimum Gasteiger partial charge on any atom is -0.334 e. The van der Waals surface area contributed by atoms with Gasteiger partial charge < -0.3 is 9.80 Å². The van der Waals surface area contributed by atoms with E-state index in [1.807, 2.05) is 11.0 Å². The van der Waals surface area contributed by atoms with Crippen molar-refractivity contribution in [3.8, 4) is 0 Å². The van der Waals surface area contributed by atoms with E-state index in [-0.39, 0.29) is 23.4 Å². The number of aromatic amines is 1. The van der Waals surface area contributed by atoms with Crippen molar-refractivity contribution in [3.63, 3.8) is 0 Å². The Bertz CT molecular complexity index is 1000. The third-order valence-corrected chi connectivity index (χ3v) is 7.49. The first-order valence-corrected chi connectivity index (χ1v) is 11.6. The van der Waals surface area contributed by atoms with Crippen LogP contribution in [0.5, 0.6) is 0 Å². The maximum Gasteiger partial charge on any atom is 0.272 e. The summed E-state index contributed by atoms with van der Waals surface area (Å²) in [6.45, 7) is 9.54. The summed E-state index contributed by atoms with van der Waals surface area (Å²) in [4.78, 5) is 35.0. The van der Waals surface area contributed by atoms with Crippen LogP contribution in [0.15, 0.2) is 16.9 Å². The molecule has 1 amide bonds. The molecule has 2 aromatic heterocycles. The molecule has 2 aromatic rings. The number of nitrogens with one attached hydrogen (secondary N) is 1. The molecule has 162 valence electrons. The fourth-order valence-corrected chi connectivity index (χ4v) is 5.35. The minimum absolute atomic E-state index is 0.0316. The monoisotopic (exact) mass is 411 g/mol. The molecule has 7 nitrogen and oxygen atoms in total. The fraction of sp³-hybridized carbons (Fsp3) is 0.696. The Hall–Kier alpha value is -2.15. The second-order valence-electron chi connectivity index (χ2n) is 9.84. The van der Waals surface area contributed by atoms with Gasteiger partial charge in [0.1, 0.15) is 0 Å². The number of carbonyl (C=O) groups excluding carboxylic acids is 1. The van der Waals surface area contributed by atoms with Crippen LogP contribution >= 0.6 is 0 Å². The van der Waals surface area contributed by atoms with E-state index < -0.39 is 0 Å². The third-order valence-electron chi connectivity index (χ3n) is 7.49. The number of aromatic nitrogens is 3. The van der Waals surface area contributed by atoms with Crippen molar-refractivity contribution in [2.75, 3.05) is 19.6 Å². The van der Waals surface area contributed by atoms with Crippen LogP contribution in [0, 0.1) is 11.8 Å². The molecule has 7 heteroatoms. The summed E-state index contributed by atoms with van der Waals surface area (Å²) in [7, 11) is 0. The van der Waals surface area contributed by atoms with Crippen molar-refractivity contribution >= 4 is 11.6 Å². The molecule has 5 rings (SSSR count). The van der Waals surface area contributed by atoms with Crippen LogP contribution < -0.4 is 5.56 Å². The molecule has 4 heterocycles. The first-order valence-electron chi connectivity index (χ1n) is 11.6. The number of amides is 1. The van der Waals surface area contributed by atoms with Crippen molar-refractivity contribution in [2.24, 2.45) is 11.8 Å². The lowest BCUT2D eigenvalue weighted by Crippen LogP contribution is -2.38. The predicted octanol–water partition coefficient (Wildman–Crippen LogP) is 2.93. The molecule has 0 spiro atoms. The molecule has 3 atom stereocenters. The van der Waals surface area contributed by atoms with Gasteiger partial charge >= 0.3 is 0 Å². The van der Waals surface area contributed by atoms with Crippen molar-refractivity contribution in [3.05, 3.63) is 33.9 Å². The smallest absolute Gasteiger partial charge is 0.272 e. The Balaban J connectivity index is 1.39. The molecule has 0 bridgehead atoms. The molecule has 1 N–H and O–H groups in total. The maximum absolute atomic E-state index is 12.8. The van der Waals surface area contributed by atoms with Crippen LogP contribution in [-0.2, 0) is 4.79 Å². The lowest BCUT2D eigenvalue weighted by molar-refractivity contribution is -0.133. The van der Waals surface area contributed by atoms with E-state index in [4.69, 9.17) is 4.98 Å². The molecular formula is C23H33N5O2. The Morgan fingerprint density at radius 3 is 2.57 bits per heavy atom. The lowest BCUT2D eigenvalue weighted by Gasteiger charge is -2.34. The van der Waals surface area contributed by atoms with Crippen LogP contribution in [0.4, 0.5) is 0 Å². The van der Waals surface area contributed by atoms with E-state index in [2.05, 4.69) is 30.8 Å². The molecule has 30 heavy (non-hydrogen) atoms. The molecular weight excluding hydrogens is 378 g/mol. The Labute approximate surface area is 177 Å². The average molecular weight is 412 g/mol. The van der Waals surface area contributed by atoms with Crippen molar-refractivity contribution in [1.29, 1.82) is 0 Å². The summed E-state index contributed by atoms with van der Waals surface area (Å²) in [5.41, 5.74) is 2.47. The molecule has 2 aliphatic heterocycles. The van der Waals surface area contributed by atoms with E-state index >= 15 is 0 Å². The molecule has 1 aliphatic carbocycles. The largest absolute Gasteiger partial charge is 0.334 e. The van der Waals surface area contributed by atoms with Crippen molar-refractivity contribution in [1.82, 2.24) is 24.4 Å².